The highest BCUT2D eigenvalue weighted by molar-refractivity contribution is 5.79. The Morgan fingerprint density at radius 1 is 1.32 bits per heavy atom. The third-order valence-electron chi connectivity index (χ3n) is 4.17. The molecule has 1 fully saturated rings. The van der Waals surface area contributed by atoms with Crippen LogP contribution in [0.25, 0.3) is 0 Å². The average Bonchev–Trinajstić information content (AvgIpc) is 3.18. The molecule has 0 spiro atoms. The number of likely N-dealkylation sites (tertiary alicyclic amines) is 1. The number of aliphatic imine (C=N–C) groups is 1. The SMILES string of the molecule is CCNC(=NCc1nncn1CC)NCC1CCCN1CC. The number of aryl methyl sites for hydroxylation is 1. The van der Waals surface area contributed by atoms with Gasteiger partial charge in [-0.2, -0.15) is 0 Å². The van der Waals surface area contributed by atoms with E-state index < -0.39 is 0 Å². The van der Waals surface area contributed by atoms with Crippen molar-refractivity contribution >= 4 is 5.96 Å². The molecule has 1 unspecified atom stereocenters. The van der Waals surface area contributed by atoms with Crippen LogP contribution in [0.3, 0.4) is 0 Å². The molecule has 0 bridgehead atoms. The molecule has 7 nitrogen and oxygen atoms in total. The summed E-state index contributed by atoms with van der Waals surface area (Å²) in [7, 11) is 0. The molecule has 1 aromatic heterocycles. The standard InChI is InChI=1S/C15H29N7/c1-4-16-15(17-10-13-8-7-9-21(13)5-2)18-11-14-20-19-12-22(14)6-3/h12-13H,4-11H2,1-3H3,(H2,16,17,18). The molecule has 22 heavy (non-hydrogen) atoms. The molecule has 1 atom stereocenters. The van der Waals surface area contributed by atoms with E-state index in [1.54, 1.807) is 6.33 Å². The molecule has 1 aliphatic rings. The summed E-state index contributed by atoms with van der Waals surface area (Å²) in [5.41, 5.74) is 0. The molecule has 0 radical (unpaired) electrons. The highest BCUT2D eigenvalue weighted by Gasteiger charge is 2.22. The van der Waals surface area contributed by atoms with Gasteiger partial charge in [-0.25, -0.2) is 4.99 Å². The third-order valence-corrected chi connectivity index (χ3v) is 4.17. The van der Waals surface area contributed by atoms with Crippen molar-refractivity contribution in [3.63, 3.8) is 0 Å². The van der Waals surface area contributed by atoms with Gasteiger partial charge in [-0.1, -0.05) is 6.92 Å². The van der Waals surface area contributed by atoms with Gasteiger partial charge in [0.15, 0.2) is 11.8 Å². The largest absolute Gasteiger partial charge is 0.357 e. The van der Waals surface area contributed by atoms with E-state index >= 15 is 0 Å². The van der Waals surface area contributed by atoms with Crippen LogP contribution in [0.2, 0.25) is 0 Å². The number of guanidine groups is 1. The fourth-order valence-corrected chi connectivity index (χ4v) is 2.91. The van der Waals surface area contributed by atoms with E-state index in [0.717, 1.165) is 38.0 Å². The zero-order chi connectivity index (χ0) is 15.8. The Bertz CT molecular complexity index is 468. The van der Waals surface area contributed by atoms with Crippen LogP contribution in [-0.2, 0) is 13.1 Å². The summed E-state index contributed by atoms with van der Waals surface area (Å²) < 4.78 is 2.02. The molecule has 2 heterocycles. The molecule has 2 rings (SSSR count). The van der Waals surface area contributed by atoms with Crippen molar-refractivity contribution in [1.29, 1.82) is 0 Å². The molecule has 1 saturated heterocycles. The van der Waals surface area contributed by atoms with E-state index in [-0.39, 0.29) is 0 Å². The van der Waals surface area contributed by atoms with Crippen molar-refractivity contribution in [3.8, 4) is 0 Å². The first-order valence-electron chi connectivity index (χ1n) is 8.41. The molecule has 0 saturated carbocycles. The average molecular weight is 307 g/mol. The van der Waals surface area contributed by atoms with Crippen LogP contribution in [0.5, 0.6) is 0 Å². The Morgan fingerprint density at radius 3 is 2.91 bits per heavy atom. The normalized spacial score (nSPS) is 19.6. The molecular formula is C15H29N7. The number of rotatable bonds is 7. The number of nitrogens with one attached hydrogen (secondary N) is 2. The van der Waals surface area contributed by atoms with Crippen LogP contribution in [0.15, 0.2) is 11.3 Å². The van der Waals surface area contributed by atoms with E-state index in [9.17, 15) is 0 Å². The lowest BCUT2D eigenvalue weighted by atomic mass is 10.2. The summed E-state index contributed by atoms with van der Waals surface area (Å²) in [5, 5.41) is 14.8. The molecule has 1 aromatic rings. The van der Waals surface area contributed by atoms with E-state index in [1.165, 1.54) is 19.4 Å². The number of hydrogen-bond donors (Lipinski definition) is 2. The number of hydrogen-bond acceptors (Lipinski definition) is 4. The maximum atomic E-state index is 4.63. The third kappa shape index (κ3) is 4.43. The Kier molecular flexibility index (Phi) is 6.64. The summed E-state index contributed by atoms with van der Waals surface area (Å²) in [6.45, 7) is 12.0. The van der Waals surface area contributed by atoms with Crippen molar-refractivity contribution in [2.75, 3.05) is 26.2 Å². The fraction of sp³-hybridized carbons (Fsp3) is 0.800. The molecular weight excluding hydrogens is 278 g/mol. The van der Waals surface area contributed by atoms with Crippen LogP contribution in [0.4, 0.5) is 0 Å². The van der Waals surface area contributed by atoms with Crippen molar-refractivity contribution in [2.45, 2.75) is 52.7 Å². The minimum absolute atomic E-state index is 0.547. The van der Waals surface area contributed by atoms with Crippen LogP contribution in [0, 0.1) is 0 Å². The predicted molar refractivity (Wildman–Crippen MR) is 88.8 cm³/mol. The molecule has 0 aromatic carbocycles. The van der Waals surface area contributed by atoms with Crippen LogP contribution < -0.4 is 10.6 Å². The van der Waals surface area contributed by atoms with Gasteiger partial charge in [-0.15, -0.1) is 10.2 Å². The van der Waals surface area contributed by atoms with Crippen molar-refractivity contribution in [2.24, 2.45) is 4.99 Å². The first-order valence-corrected chi connectivity index (χ1v) is 8.41. The number of nitrogens with zero attached hydrogens (tertiary/aromatic N) is 5. The van der Waals surface area contributed by atoms with Crippen LogP contribution in [0.1, 0.15) is 39.4 Å². The topological polar surface area (TPSA) is 70.4 Å². The molecule has 7 heteroatoms. The van der Waals surface area contributed by atoms with Crippen molar-refractivity contribution in [3.05, 3.63) is 12.2 Å². The van der Waals surface area contributed by atoms with Crippen molar-refractivity contribution < 1.29 is 0 Å². The molecule has 0 aliphatic carbocycles. The molecule has 2 N–H and O–H groups in total. The van der Waals surface area contributed by atoms with Gasteiger partial charge in [-0.3, -0.25) is 4.90 Å². The fourth-order valence-electron chi connectivity index (χ4n) is 2.91. The van der Waals surface area contributed by atoms with E-state index in [2.05, 4.69) is 51.5 Å². The monoisotopic (exact) mass is 307 g/mol. The van der Waals surface area contributed by atoms with Gasteiger partial charge < -0.3 is 15.2 Å². The maximum Gasteiger partial charge on any atom is 0.191 e. The molecule has 0 amide bonds. The van der Waals surface area contributed by atoms with E-state index in [1.807, 2.05) is 4.57 Å². The summed E-state index contributed by atoms with van der Waals surface area (Å²) in [6, 6.07) is 0.619. The first-order chi connectivity index (χ1) is 10.8. The van der Waals surface area contributed by atoms with E-state index in [4.69, 9.17) is 0 Å². The smallest absolute Gasteiger partial charge is 0.191 e. The van der Waals surface area contributed by atoms with Crippen molar-refractivity contribution in [1.82, 2.24) is 30.3 Å². The van der Waals surface area contributed by atoms with Gasteiger partial charge in [0.05, 0.1) is 0 Å². The lowest BCUT2D eigenvalue weighted by Gasteiger charge is -2.23. The Balaban J connectivity index is 1.90. The second-order valence-corrected chi connectivity index (χ2v) is 5.53. The van der Waals surface area contributed by atoms with E-state index in [0.29, 0.717) is 12.6 Å². The van der Waals surface area contributed by atoms with Gasteiger partial charge in [0.25, 0.3) is 0 Å². The minimum Gasteiger partial charge on any atom is -0.357 e. The zero-order valence-electron chi connectivity index (χ0n) is 14.0. The summed E-state index contributed by atoms with van der Waals surface area (Å²) in [6.07, 6.45) is 4.32. The minimum atomic E-state index is 0.547. The van der Waals surface area contributed by atoms with Gasteiger partial charge in [0, 0.05) is 25.7 Å². The maximum absolute atomic E-state index is 4.63. The summed E-state index contributed by atoms with van der Waals surface area (Å²) >= 11 is 0. The van der Waals surface area contributed by atoms with Gasteiger partial charge >= 0.3 is 0 Å². The second-order valence-electron chi connectivity index (χ2n) is 5.53. The lowest BCUT2D eigenvalue weighted by molar-refractivity contribution is 0.267. The predicted octanol–water partition coefficient (Wildman–Crippen LogP) is 0.837. The van der Waals surface area contributed by atoms with Gasteiger partial charge in [0.1, 0.15) is 12.9 Å². The molecule has 124 valence electrons. The zero-order valence-corrected chi connectivity index (χ0v) is 14.0. The summed E-state index contributed by atoms with van der Waals surface area (Å²) in [5.74, 6) is 1.76. The van der Waals surface area contributed by atoms with Gasteiger partial charge in [-0.05, 0) is 39.8 Å². The van der Waals surface area contributed by atoms with Crippen LogP contribution >= 0.6 is 0 Å². The Hall–Kier alpha value is -1.63. The lowest BCUT2D eigenvalue weighted by Crippen LogP contribution is -2.44. The second kappa shape index (κ2) is 8.73. The van der Waals surface area contributed by atoms with Gasteiger partial charge in [0.2, 0.25) is 0 Å². The Morgan fingerprint density at radius 2 is 2.18 bits per heavy atom. The Labute approximate surface area is 133 Å². The number of likely N-dealkylation sites (N-methyl/N-ethyl adjacent to an activating group) is 1. The number of aromatic nitrogens is 3. The first kappa shape index (κ1) is 16.7. The molecule has 1 aliphatic heterocycles. The summed E-state index contributed by atoms with van der Waals surface area (Å²) in [4.78, 5) is 7.16. The van der Waals surface area contributed by atoms with Crippen LogP contribution in [-0.4, -0.2) is 57.8 Å². The quantitative estimate of drug-likeness (QED) is 0.577. The highest BCUT2D eigenvalue weighted by atomic mass is 15.3. The highest BCUT2D eigenvalue weighted by Crippen LogP contribution is 2.15.